The molecule has 4 heteroatoms. The second-order valence-corrected chi connectivity index (χ2v) is 4.39. The van der Waals surface area contributed by atoms with Crippen LogP contribution in [0.1, 0.15) is 29.3 Å². The topological polar surface area (TPSA) is 43.0 Å². The number of hydrogen-bond donors (Lipinski definition) is 1. The van der Waals surface area contributed by atoms with Crippen molar-refractivity contribution in [2.24, 2.45) is 7.05 Å². The first kappa shape index (κ1) is 11.9. The van der Waals surface area contributed by atoms with E-state index in [9.17, 15) is 0 Å². The standard InChI is InChI=1S/C13H19N3O/c1-10-6-12(9-17-10)13(14-2)5-4-11-7-15-16(3)8-11/h6-9,13-14H,4-5H2,1-3H3. The Morgan fingerprint density at radius 2 is 2.35 bits per heavy atom. The third-order valence-corrected chi connectivity index (χ3v) is 2.98. The van der Waals surface area contributed by atoms with Crippen LogP contribution in [0.2, 0.25) is 0 Å². The lowest BCUT2D eigenvalue weighted by Gasteiger charge is -2.13. The Hall–Kier alpha value is -1.55. The van der Waals surface area contributed by atoms with Crippen molar-refractivity contribution in [3.8, 4) is 0 Å². The predicted octanol–water partition coefficient (Wildman–Crippen LogP) is 2.21. The van der Waals surface area contributed by atoms with Crippen molar-refractivity contribution in [3.63, 3.8) is 0 Å². The van der Waals surface area contributed by atoms with Crippen LogP contribution in [0.4, 0.5) is 0 Å². The second-order valence-electron chi connectivity index (χ2n) is 4.39. The zero-order chi connectivity index (χ0) is 12.3. The molecule has 2 aromatic rings. The molecular formula is C13H19N3O. The summed E-state index contributed by atoms with van der Waals surface area (Å²) in [6, 6.07) is 2.43. The van der Waals surface area contributed by atoms with Gasteiger partial charge in [0, 0.05) is 24.8 Å². The molecule has 92 valence electrons. The van der Waals surface area contributed by atoms with Gasteiger partial charge in [-0.25, -0.2) is 0 Å². The molecule has 0 radical (unpaired) electrons. The summed E-state index contributed by atoms with van der Waals surface area (Å²) < 4.78 is 7.19. The average molecular weight is 233 g/mol. The minimum atomic E-state index is 0.340. The van der Waals surface area contributed by atoms with Crippen molar-refractivity contribution in [1.29, 1.82) is 0 Å². The molecule has 0 fully saturated rings. The molecule has 2 rings (SSSR count). The highest BCUT2D eigenvalue weighted by Crippen LogP contribution is 2.20. The molecule has 2 aromatic heterocycles. The number of nitrogens with one attached hydrogen (secondary N) is 1. The van der Waals surface area contributed by atoms with Gasteiger partial charge in [0.15, 0.2) is 0 Å². The van der Waals surface area contributed by atoms with Crippen molar-refractivity contribution >= 4 is 0 Å². The highest BCUT2D eigenvalue weighted by atomic mass is 16.3. The van der Waals surface area contributed by atoms with Gasteiger partial charge in [0.1, 0.15) is 5.76 Å². The van der Waals surface area contributed by atoms with E-state index >= 15 is 0 Å². The van der Waals surface area contributed by atoms with Crippen molar-refractivity contribution in [1.82, 2.24) is 15.1 Å². The lowest BCUT2D eigenvalue weighted by Crippen LogP contribution is -2.16. The fraction of sp³-hybridized carbons (Fsp3) is 0.462. The minimum absolute atomic E-state index is 0.340. The van der Waals surface area contributed by atoms with Gasteiger partial charge in [-0.15, -0.1) is 0 Å². The minimum Gasteiger partial charge on any atom is -0.469 e. The molecule has 1 N–H and O–H groups in total. The molecule has 0 saturated heterocycles. The van der Waals surface area contributed by atoms with Gasteiger partial charge in [-0.05, 0) is 38.4 Å². The van der Waals surface area contributed by atoms with Crippen LogP contribution >= 0.6 is 0 Å². The molecule has 0 aromatic carbocycles. The maximum Gasteiger partial charge on any atom is 0.101 e. The van der Waals surface area contributed by atoms with E-state index in [1.165, 1.54) is 11.1 Å². The molecule has 0 aliphatic heterocycles. The molecular weight excluding hydrogens is 214 g/mol. The number of nitrogens with zero attached hydrogens (tertiary/aromatic N) is 2. The van der Waals surface area contributed by atoms with Crippen LogP contribution in [0.15, 0.2) is 29.1 Å². The number of aryl methyl sites for hydroxylation is 3. The SMILES string of the molecule is CNC(CCc1cnn(C)c1)c1coc(C)c1. The Morgan fingerprint density at radius 3 is 2.88 bits per heavy atom. The van der Waals surface area contributed by atoms with Crippen LogP contribution in [-0.2, 0) is 13.5 Å². The number of aromatic nitrogens is 2. The first-order valence-corrected chi connectivity index (χ1v) is 5.89. The van der Waals surface area contributed by atoms with Gasteiger partial charge in [-0.3, -0.25) is 4.68 Å². The molecule has 0 bridgehead atoms. The van der Waals surface area contributed by atoms with Gasteiger partial charge in [-0.1, -0.05) is 0 Å². The molecule has 0 aliphatic carbocycles. The highest BCUT2D eigenvalue weighted by Gasteiger charge is 2.12. The molecule has 4 nitrogen and oxygen atoms in total. The molecule has 1 unspecified atom stereocenters. The number of furan rings is 1. The summed E-state index contributed by atoms with van der Waals surface area (Å²) in [6.45, 7) is 1.97. The van der Waals surface area contributed by atoms with E-state index < -0.39 is 0 Å². The fourth-order valence-corrected chi connectivity index (χ4v) is 2.04. The average Bonchev–Trinajstić information content (AvgIpc) is 2.89. The highest BCUT2D eigenvalue weighted by molar-refractivity contribution is 5.17. The summed E-state index contributed by atoms with van der Waals surface area (Å²) in [5, 5.41) is 7.50. The van der Waals surface area contributed by atoms with E-state index in [2.05, 4.69) is 22.7 Å². The van der Waals surface area contributed by atoms with Crippen LogP contribution in [0, 0.1) is 6.92 Å². The molecule has 1 atom stereocenters. The van der Waals surface area contributed by atoms with E-state index in [-0.39, 0.29) is 0 Å². The molecule has 0 spiro atoms. The van der Waals surface area contributed by atoms with Gasteiger partial charge in [0.05, 0.1) is 12.5 Å². The molecule has 0 aliphatic rings. The van der Waals surface area contributed by atoms with Crippen molar-refractivity contribution in [2.45, 2.75) is 25.8 Å². The monoisotopic (exact) mass is 233 g/mol. The first-order chi connectivity index (χ1) is 8.19. The molecule has 17 heavy (non-hydrogen) atoms. The maximum atomic E-state index is 5.35. The maximum absolute atomic E-state index is 5.35. The van der Waals surface area contributed by atoms with E-state index in [0.717, 1.165) is 18.6 Å². The lowest BCUT2D eigenvalue weighted by atomic mass is 10.0. The summed E-state index contributed by atoms with van der Waals surface area (Å²) >= 11 is 0. The zero-order valence-corrected chi connectivity index (χ0v) is 10.6. The van der Waals surface area contributed by atoms with Crippen LogP contribution in [0.3, 0.4) is 0 Å². The third kappa shape index (κ3) is 2.97. The summed E-state index contributed by atoms with van der Waals surface area (Å²) in [5.41, 5.74) is 2.49. The van der Waals surface area contributed by atoms with Crippen molar-refractivity contribution in [3.05, 3.63) is 41.6 Å². The van der Waals surface area contributed by atoms with Gasteiger partial charge >= 0.3 is 0 Å². The number of hydrogen-bond acceptors (Lipinski definition) is 3. The van der Waals surface area contributed by atoms with Crippen LogP contribution in [0.25, 0.3) is 0 Å². The van der Waals surface area contributed by atoms with E-state index in [0.29, 0.717) is 6.04 Å². The van der Waals surface area contributed by atoms with Crippen molar-refractivity contribution < 1.29 is 4.42 Å². The Bertz CT molecular complexity index is 472. The quantitative estimate of drug-likeness (QED) is 0.861. The van der Waals surface area contributed by atoms with Gasteiger partial charge in [-0.2, -0.15) is 5.10 Å². The van der Waals surface area contributed by atoms with Crippen molar-refractivity contribution in [2.75, 3.05) is 7.05 Å². The van der Waals surface area contributed by atoms with E-state index in [4.69, 9.17) is 4.42 Å². The van der Waals surface area contributed by atoms with Gasteiger partial charge in [0.2, 0.25) is 0 Å². The second kappa shape index (κ2) is 5.19. The largest absolute Gasteiger partial charge is 0.469 e. The zero-order valence-electron chi connectivity index (χ0n) is 10.6. The van der Waals surface area contributed by atoms with Crippen LogP contribution < -0.4 is 5.32 Å². The summed E-state index contributed by atoms with van der Waals surface area (Å²) in [6.07, 6.45) is 7.88. The van der Waals surface area contributed by atoms with Gasteiger partial charge < -0.3 is 9.73 Å². The Balaban J connectivity index is 1.96. The smallest absolute Gasteiger partial charge is 0.101 e. The predicted molar refractivity (Wildman–Crippen MR) is 66.8 cm³/mol. The lowest BCUT2D eigenvalue weighted by molar-refractivity contribution is 0.510. The summed E-state index contributed by atoms with van der Waals surface area (Å²) in [4.78, 5) is 0. The van der Waals surface area contributed by atoms with Crippen LogP contribution in [-0.4, -0.2) is 16.8 Å². The van der Waals surface area contributed by atoms with E-state index in [1.54, 1.807) is 0 Å². The Morgan fingerprint density at radius 1 is 1.53 bits per heavy atom. The number of rotatable bonds is 5. The van der Waals surface area contributed by atoms with Gasteiger partial charge in [0.25, 0.3) is 0 Å². The Labute approximate surface area is 102 Å². The molecule has 0 amide bonds. The summed E-state index contributed by atoms with van der Waals surface area (Å²) in [5.74, 6) is 0.960. The van der Waals surface area contributed by atoms with Crippen LogP contribution in [0.5, 0.6) is 0 Å². The molecule has 0 saturated carbocycles. The summed E-state index contributed by atoms with van der Waals surface area (Å²) in [7, 11) is 3.93. The first-order valence-electron chi connectivity index (χ1n) is 5.89. The van der Waals surface area contributed by atoms with E-state index in [1.807, 2.05) is 38.2 Å². The third-order valence-electron chi connectivity index (χ3n) is 2.98. The fourth-order valence-electron chi connectivity index (χ4n) is 2.04. The Kier molecular flexibility index (Phi) is 3.64. The molecule has 2 heterocycles. The normalized spacial score (nSPS) is 12.9.